The first-order valence-electron chi connectivity index (χ1n) is 7.31. The Kier molecular flexibility index (Phi) is 4.41. The van der Waals surface area contributed by atoms with Gasteiger partial charge >= 0.3 is 11.9 Å². The zero-order valence-electron chi connectivity index (χ0n) is 13.2. The number of benzene rings is 1. The van der Waals surface area contributed by atoms with Crippen LogP contribution in [0.3, 0.4) is 0 Å². The summed E-state index contributed by atoms with van der Waals surface area (Å²) in [6.45, 7) is 1.59. The van der Waals surface area contributed by atoms with E-state index >= 15 is 0 Å². The highest BCUT2D eigenvalue weighted by molar-refractivity contribution is 5.90. The van der Waals surface area contributed by atoms with E-state index in [0.717, 1.165) is 0 Å². The van der Waals surface area contributed by atoms with Crippen molar-refractivity contribution in [2.24, 2.45) is 0 Å². The van der Waals surface area contributed by atoms with Crippen LogP contribution in [0.1, 0.15) is 21.9 Å². The van der Waals surface area contributed by atoms with Crippen molar-refractivity contribution in [3.8, 4) is 11.5 Å². The van der Waals surface area contributed by atoms with Gasteiger partial charge in [0.15, 0.2) is 11.5 Å². The summed E-state index contributed by atoms with van der Waals surface area (Å²) in [5.74, 6) is 0.753. The molecule has 126 valence electrons. The molecule has 0 spiro atoms. The second-order valence-corrected chi connectivity index (χ2v) is 5.15. The van der Waals surface area contributed by atoms with Crippen molar-refractivity contribution in [2.75, 3.05) is 13.7 Å². The fourth-order valence-electron chi connectivity index (χ4n) is 2.30. The molecule has 7 heteroatoms. The van der Waals surface area contributed by atoms with Gasteiger partial charge < -0.3 is 23.4 Å². The summed E-state index contributed by atoms with van der Waals surface area (Å²) in [6.07, 6.45) is -0.851. The molecule has 0 N–H and O–H groups in total. The molecule has 0 saturated carbocycles. The lowest BCUT2D eigenvalue weighted by Crippen LogP contribution is -2.37. The van der Waals surface area contributed by atoms with E-state index in [9.17, 15) is 9.59 Å². The van der Waals surface area contributed by atoms with Crippen LogP contribution in [0.2, 0.25) is 0 Å². The fraction of sp³-hybridized carbons (Fsp3) is 0.294. The van der Waals surface area contributed by atoms with Gasteiger partial charge in [-0.2, -0.15) is 0 Å². The Balaban J connectivity index is 1.59. The van der Waals surface area contributed by atoms with E-state index in [-0.39, 0.29) is 13.2 Å². The maximum absolute atomic E-state index is 12.1. The number of rotatable bonds is 4. The van der Waals surface area contributed by atoms with Crippen LogP contribution in [0, 0.1) is 6.92 Å². The molecule has 2 heterocycles. The van der Waals surface area contributed by atoms with Gasteiger partial charge in [0.25, 0.3) is 0 Å². The van der Waals surface area contributed by atoms with Gasteiger partial charge in [-0.1, -0.05) is 12.1 Å². The number of furan rings is 1. The molecule has 2 aromatic rings. The molecule has 7 nitrogen and oxygen atoms in total. The molecule has 0 saturated heterocycles. The van der Waals surface area contributed by atoms with Crippen molar-refractivity contribution in [1.29, 1.82) is 0 Å². The fourth-order valence-corrected chi connectivity index (χ4v) is 2.30. The summed E-state index contributed by atoms with van der Waals surface area (Å²) in [4.78, 5) is 23.6. The van der Waals surface area contributed by atoms with Gasteiger partial charge in [-0.15, -0.1) is 0 Å². The van der Waals surface area contributed by atoms with Crippen LogP contribution < -0.4 is 9.47 Å². The number of methoxy groups -OCH3 is 1. The molecule has 1 aromatic carbocycles. The molecule has 3 rings (SSSR count). The van der Waals surface area contributed by atoms with Crippen LogP contribution in [0.4, 0.5) is 0 Å². The molecule has 0 bridgehead atoms. The van der Waals surface area contributed by atoms with E-state index in [1.165, 1.54) is 13.2 Å². The van der Waals surface area contributed by atoms with Gasteiger partial charge in [-0.3, -0.25) is 0 Å². The van der Waals surface area contributed by atoms with Crippen molar-refractivity contribution in [3.63, 3.8) is 0 Å². The third kappa shape index (κ3) is 3.19. The molecule has 0 aliphatic carbocycles. The first-order valence-corrected chi connectivity index (χ1v) is 7.31. The quantitative estimate of drug-likeness (QED) is 0.794. The highest BCUT2D eigenvalue weighted by Gasteiger charge is 2.29. The number of esters is 2. The summed E-state index contributed by atoms with van der Waals surface area (Å²) >= 11 is 0. The van der Waals surface area contributed by atoms with E-state index in [0.29, 0.717) is 28.6 Å². The van der Waals surface area contributed by atoms with Crippen molar-refractivity contribution >= 4 is 11.9 Å². The van der Waals surface area contributed by atoms with Crippen LogP contribution in [0.5, 0.6) is 11.5 Å². The predicted molar refractivity (Wildman–Crippen MR) is 80.9 cm³/mol. The smallest absolute Gasteiger partial charge is 0.351 e. The minimum atomic E-state index is -0.851. The van der Waals surface area contributed by atoms with E-state index in [1.807, 2.05) is 6.07 Å². The normalized spacial score (nSPS) is 15.7. The highest BCUT2D eigenvalue weighted by Crippen LogP contribution is 2.31. The standard InChI is InChI=1S/C17H16O7/c1-10-12(16(18)20-2)7-11(23-10)8-22-17(19)15-9-21-13-5-3-4-6-14(13)24-15/h3-7,15H,8-9H2,1-2H3/t15-/m0/s1. The first-order chi connectivity index (χ1) is 11.6. The lowest BCUT2D eigenvalue weighted by molar-refractivity contribution is -0.156. The van der Waals surface area contributed by atoms with E-state index < -0.39 is 18.0 Å². The molecule has 0 fully saturated rings. The average Bonchev–Trinajstić information content (AvgIpc) is 2.99. The minimum Gasteiger partial charge on any atom is -0.485 e. The zero-order valence-corrected chi connectivity index (χ0v) is 13.2. The number of aryl methyl sites for hydroxylation is 1. The number of carbonyl (C=O) groups is 2. The Hall–Kier alpha value is -2.96. The minimum absolute atomic E-state index is 0.0699. The highest BCUT2D eigenvalue weighted by atomic mass is 16.6. The first kappa shape index (κ1) is 15.9. The Morgan fingerprint density at radius 1 is 1.25 bits per heavy atom. The third-order valence-corrected chi connectivity index (χ3v) is 3.50. The summed E-state index contributed by atoms with van der Waals surface area (Å²) in [7, 11) is 1.28. The number of ether oxygens (including phenoxy) is 4. The maximum atomic E-state index is 12.1. The molecular formula is C17H16O7. The van der Waals surface area contributed by atoms with Crippen LogP contribution in [-0.2, 0) is 20.9 Å². The lowest BCUT2D eigenvalue weighted by Gasteiger charge is -2.24. The van der Waals surface area contributed by atoms with Crippen molar-refractivity contribution in [1.82, 2.24) is 0 Å². The average molecular weight is 332 g/mol. The Labute approximate surface area is 138 Å². The van der Waals surface area contributed by atoms with E-state index in [2.05, 4.69) is 4.74 Å². The topological polar surface area (TPSA) is 84.2 Å². The monoisotopic (exact) mass is 332 g/mol. The maximum Gasteiger partial charge on any atom is 0.351 e. The van der Waals surface area contributed by atoms with E-state index in [1.54, 1.807) is 25.1 Å². The molecule has 0 radical (unpaired) electrons. The second kappa shape index (κ2) is 6.66. The zero-order chi connectivity index (χ0) is 17.1. The van der Waals surface area contributed by atoms with Gasteiger partial charge in [-0.05, 0) is 25.1 Å². The third-order valence-electron chi connectivity index (χ3n) is 3.50. The predicted octanol–water partition coefficient (Wildman–Crippen LogP) is 2.26. The Bertz CT molecular complexity index is 762. The number of hydrogen-bond donors (Lipinski definition) is 0. The van der Waals surface area contributed by atoms with Crippen molar-refractivity contribution in [3.05, 3.63) is 47.4 Å². The summed E-state index contributed by atoms with van der Waals surface area (Å²) < 4.78 is 26.2. The van der Waals surface area contributed by atoms with Crippen LogP contribution in [0.15, 0.2) is 34.7 Å². The molecule has 0 unspecified atom stereocenters. The number of para-hydroxylation sites is 2. The number of carbonyl (C=O) groups excluding carboxylic acids is 2. The molecule has 1 aromatic heterocycles. The molecule has 1 atom stereocenters. The Morgan fingerprint density at radius 3 is 2.75 bits per heavy atom. The van der Waals surface area contributed by atoms with Crippen LogP contribution in [-0.4, -0.2) is 31.8 Å². The van der Waals surface area contributed by atoms with Gasteiger partial charge in [-0.25, -0.2) is 9.59 Å². The van der Waals surface area contributed by atoms with Gasteiger partial charge in [0.2, 0.25) is 6.10 Å². The molecule has 24 heavy (non-hydrogen) atoms. The largest absolute Gasteiger partial charge is 0.485 e. The van der Waals surface area contributed by atoms with Crippen LogP contribution in [0.25, 0.3) is 0 Å². The second-order valence-electron chi connectivity index (χ2n) is 5.15. The van der Waals surface area contributed by atoms with Crippen molar-refractivity contribution in [2.45, 2.75) is 19.6 Å². The molecule has 1 aliphatic heterocycles. The summed E-state index contributed by atoms with van der Waals surface area (Å²) in [6, 6.07) is 8.57. The van der Waals surface area contributed by atoms with Gasteiger partial charge in [0.05, 0.1) is 7.11 Å². The van der Waals surface area contributed by atoms with E-state index in [4.69, 9.17) is 18.6 Å². The van der Waals surface area contributed by atoms with Gasteiger partial charge in [0, 0.05) is 0 Å². The summed E-state index contributed by atoms with van der Waals surface area (Å²) in [5, 5.41) is 0. The molecule has 0 amide bonds. The van der Waals surface area contributed by atoms with Crippen LogP contribution >= 0.6 is 0 Å². The number of fused-ring (bicyclic) bond motifs is 1. The number of hydrogen-bond acceptors (Lipinski definition) is 7. The summed E-state index contributed by atoms with van der Waals surface area (Å²) in [5.41, 5.74) is 0.301. The van der Waals surface area contributed by atoms with Crippen molar-refractivity contribution < 1.29 is 33.0 Å². The van der Waals surface area contributed by atoms with Gasteiger partial charge in [0.1, 0.15) is 30.3 Å². The lowest BCUT2D eigenvalue weighted by atomic mass is 10.2. The Morgan fingerprint density at radius 2 is 2.00 bits per heavy atom. The molecular weight excluding hydrogens is 316 g/mol. The SMILES string of the molecule is COC(=O)c1cc(COC(=O)[C@@H]2COc3ccccc3O2)oc1C. The molecule has 1 aliphatic rings.